The fourth-order valence-corrected chi connectivity index (χ4v) is 11.3. The van der Waals surface area contributed by atoms with Crippen molar-refractivity contribution in [2.75, 3.05) is 6.54 Å². The van der Waals surface area contributed by atoms with E-state index < -0.39 is 11.1 Å². The van der Waals surface area contributed by atoms with Crippen LogP contribution in [0.1, 0.15) is 92.4 Å². The van der Waals surface area contributed by atoms with E-state index >= 15 is 0 Å². The Bertz CT molecular complexity index is 1040. The van der Waals surface area contributed by atoms with Crippen molar-refractivity contribution in [2.45, 2.75) is 110 Å². The van der Waals surface area contributed by atoms with Gasteiger partial charge in [-0.05, 0) is 60.7 Å². The molecule has 3 saturated carbocycles. The van der Waals surface area contributed by atoms with Crippen molar-refractivity contribution in [3.05, 3.63) is 0 Å². The molecule has 4 bridgehead atoms. The number of esters is 1. The number of fused-ring (bicyclic) bond motifs is 5. The molecule has 1 spiro atoms. The quantitative estimate of drug-likeness (QED) is 0.473. The number of nitrogens with zero attached hydrogens (tertiary/aromatic N) is 1. The average molecular weight is 484 g/mol. The summed E-state index contributed by atoms with van der Waals surface area (Å²) in [6.45, 7) is 12.1. The van der Waals surface area contributed by atoms with Gasteiger partial charge in [0, 0.05) is 43.1 Å². The summed E-state index contributed by atoms with van der Waals surface area (Å²) in [5.74, 6) is 1.02. The minimum atomic E-state index is -0.786. The number of rotatable bonds is 0. The minimum absolute atomic E-state index is 0.165. The van der Waals surface area contributed by atoms with Crippen LogP contribution >= 0.6 is 0 Å². The van der Waals surface area contributed by atoms with E-state index in [0.29, 0.717) is 37.5 Å². The first-order valence-electron chi connectivity index (χ1n) is 14.1. The molecule has 6 heteroatoms. The molecule has 0 aromatic heterocycles. The molecule has 0 aromatic rings. The number of carbonyl (C=O) groups is 3. The molecule has 0 N–H and O–H groups in total. The minimum Gasteiger partial charge on any atom is -0.443 e. The van der Waals surface area contributed by atoms with Gasteiger partial charge in [0.2, 0.25) is 0 Å². The zero-order valence-corrected chi connectivity index (χ0v) is 22.0. The summed E-state index contributed by atoms with van der Waals surface area (Å²) >= 11 is 0. The Labute approximate surface area is 208 Å². The van der Waals surface area contributed by atoms with Crippen molar-refractivity contribution in [3.63, 3.8) is 0 Å². The van der Waals surface area contributed by atoms with Crippen LogP contribution in [0.25, 0.3) is 0 Å². The first-order valence-corrected chi connectivity index (χ1v) is 14.1. The molecule has 0 unspecified atom stereocenters. The fourth-order valence-electron chi connectivity index (χ4n) is 11.3. The molecule has 4 saturated heterocycles. The van der Waals surface area contributed by atoms with Gasteiger partial charge >= 0.3 is 5.97 Å². The molecule has 35 heavy (non-hydrogen) atoms. The van der Waals surface area contributed by atoms with Crippen LogP contribution in [0.4, 0.5) is 0 Å². The molecule has 7 fully saturated rings. The number of carbonyl (C=O) groups excluding carboxylic acids is 3. The highest BCUT2D eigenvalue weighted by molar-refractivity contribution is 5.93. The van der Waals surface area contributed by atoms with Crippen molar-refractivity contribution in [3.8, 4) is 0 Å². The fraction of sp³-hybridized carbons (Fsp3) is 0.897. The van der Waals surface area contributed by atoms with Gasteiger partial charge in [0.1, 0.15) is 17.3 Å². The van der Waals surface area contributed by atoms with Crippen molar-refractivity contribution < 1.29 is 23.9 Å². The lowest BCUT2D eigenvalue weighted by atomic mass is 9.34. The van der Waals surface area contributed by atoms with E-state index in [4.69, 9.17) is 9.47 Å². The second kappa shape index (κ2) is 6.59. The molecule has 192 valence electrons. The number of ketones is 2. The Hall–Kier alpha value is -1.27. The number of ether oxygens (including phenoxy) is 2. The summed E-state index contributed by atoms with van der Waals surface area (Å²) in [6.07, 6.45) is 6.88. The molecule has 7 rings (SSSR count). The Morgan fingerprint density at radius 3 is 2.49 bits per heavy atom. The molecule has 3 aliphatic carbocycles. The van der Waals surface area contributed by atoms with Crippen molar-refractivity contribution in [1.82, 2.24) is 4.90 Å². The summed E-state index contributed by atoms with van der Waals surface area (Å²) in [5.41, 5.74) is -2.37. The van der Waals surface area contributed by atoms with Gasteiger partial charge in [-0.25, -0.2) is 4.90 Å². The molecular weight excluding hydrogens is 442 g/mol. The predicted octanol–water partition coefficient (Wildman–Crippen LogP) is 4.49. The van der Waals surface area contributed by atoms with Gasteiger partial charge in [0.05, 0.1) is 12.5 Å². The van der Waals surface area contributed by atoms with E-state index in [1.807, 2.05) is 0 Å². The topological polar surface area (TPSA) is 72.9 Å². The van der Waals surface area contributed by atoms with Crippen molar-refractivity contribution in [1.29, 1.82) is 0 Å². The Morgan fingerprint density at radius 1 is 0.943 bits per heavy atom. The second-order valence-corrected chi connectivity index (χ2v) is 14.5. The largest absolute Gasteiger partial charge is 0.443 e. The van der Waals surface area contributed by atoms with E-state index in [1.165, 1.54) is 0 Å². The SMILES string of the molecule is C[C@@H]1CC(=O)[C@H]2CC(=O)[C@H]3[C@@](C)(C[C@@]45OC(=O)C[C@@]3(C)[C@]4(C)CC[C@]34C[C@@H](C)C[C@@H](CN35)O4)[C@@H]2C1. The van der Waals surface area contributed by atoms with Crippen LogP contribution in [0.5, 0.6) is 0 Å². The first-order chi connectivity index (χ1) is 16.4. The van der Waals surface area contributed by atoms with Crippen LogP contribution in [0.2, 0.25) is 0 Å². The molecule has 11 atom stereocenters. The van der Waals surface area contributed by atoms with E-state index in [2.05, 4.69) is 39.5 Å². The molecule has 0 amide bonds. The summed E-state index contributed by atoms with van der Waals surface area (Å²) in [5, 5.41) is 0. The Kier molecular flexibility index (Phi) is 4.31. The van der Waals surface area contributed by atoms with Crippen molar-refractivity contribution in [2.24, 2.45) is 45.8 Å². The lowest BCUT2D eigenvalue weighted by Gasteiger charge is -2.76. The van der Waals surface area contributed by atoms with Crippen LogP contribution in [0, 0.1) is 45.8 Å². The number of hydrogen-bond donors (Lipinski definition) is 0. The number of Topliss-reactive ketones (excluding diaryl/α,β-unsaturated/α-hetero) is 2. The number of piperidine rings is 1. The third kappa shape index (κ3) is 2.48. The molecule has 6 nitrogen and oxygen atoms in total. The third-order valence-electron chi connectivity index (χ3n) is 12.6. The second-order valence-electron chi connectivity index (χ2n) is 14.5. The van der Waals surface area contributed by atoms with Crippen LogP contribution in [-0.2, 0) is 23.9 Å². The third-order valence-corrected chi connectivity index (χ3v) is 12.6. The molecule has 0 radical (unpaired) electrons. The van der Waals surface area contributed by atoms with Gasteiger partial charge in [-0.3, -0.25) is 14.4 Å². The van der Waals surface area contributed by atoms with Gasteiger partial charge in [0.15, 0.2) is 5.72 Å². The standard InChI is InChI=1S/C29H41NO5/c1-16-9-20-19(21(31)10-16)11-22(32)24-25(20,3)15-29-27(5,26(24,4)13-23(33)35-29)6-7-28-12-17(2)8-18(34-28)14-30(28)29/h16-20,24H,6-15H2,1-5H3/t16-,17-,18-,19-,20+,24-,25-,26+,27-,28-,29+/m0/s1. The monoisotopic (exact) mass is 483 g/mol. The highest BCUT2D eigenvalue weighted by Crippen LogP contribution is 2.77. The lowest BCUT2D eigenvalue weighted by Crippen LogP contribution is -2.82. The normalized spacial score (nSPS) is 59.2. The highest BCUT2D eigenvalue weighted by Gasteiger charge is 2.82. The maximum absolute atomic E-state index is 14.1. The summed E-state index contributed by atoms with van der Waals surface area (Å²) in [7, 11) is 0. The zero-order valence-electron chi connectivity index (χ0n) is 22.0. The van der Waals surface area contributed by atoms with Crippen LogP contribution in [0.15, 0.2) is 0 Å². The lowest BCUT2D eigenvalue weighted by molar-refractivity contribution is -0.379. The smallest absolute Gasteiger partial charge is 0.308 e. The Balaban J connectivity index is 1.44. The molecular formula is C29H41NO5. The number of hydrogen-bond acceptors (Lipinski definition) is 6. The summed E-state index contributed by atoms with van der Waals surface area (Å²) < 4.78 is 13.4. The van der Waals surface area contributed by atoms with E-state index in [9.17, 15) is 14.4 Å². The zero-order chi connectivity index (χ0) is 24.8. The van der Waals surface area contributed by atoms with Gasteiger partial charge in [-0.2, -0.15) is 0 Å². The maximum Gasteiger partial charge on any atom is 0.308 e. The van der Waals surface area contributed by atoms with Gasteiger partial charge in [-0.15, -0.1) is 0 Å². The highest BCUT2D eigenvalue weighted by atomic mass is 16.6. The summed E-state index contributed by atoms with van der Waals surface area (Å²) in [6, 6.07) is 0. The van der Waals surface area contributed by atoms with Gasteiger partial charge in [-0.1, -0.05) is 34.6 Å². The predicted molar refractivity (Wildman–Crippen MR) is 128 cm³/mol. The molecule has 4 aliphatic heterocycles. The van der Waals surface area contributed by atoms with E-state index in [-0.39, 0.29) is 57.9 Å². The molecule has 0 aromatic carbocycles. The van der Waals surface area contributed by atoms with E-state index in [1.54, 1.807) is 0 Å². The van der Waals surface area contributed by atoms with Gasteiger partial charge in [0.25, 0.3) is 0 Å². The van der Waals surface area contributed by atoms with Crippen LogP contribution in [-0.4, -0.2) is 46.5 Å². The van der Waals surface area contributed by atoms with E-state index in [0.717, 1.165) is 38.6 Å². The molecule has 7 aliphatic rings. The first kappa shape index (κ1) is 22.9. The van der Waals surface area contributed by atoms with Crippen molar-refractivity contribution >= 4 is 17.5 Å². The van der Waals surface area contributed by atoms with Crippen LogP contribution in [0.3, 0.4) is 0 Å². The maximum atomic E-state index is 14.1. The molecule has 4 heterocycles. The summed E-state index contributed by atoms with van der Waals surface area (Å²) in [4.78, 5) is 43.2. The van der Waals surface area contributed by atoms with Gasteiger partial charge < -0.3 is 9.47 Å². The van der Waals surface area contributed by atoms with Crippen LogP contribution < -0.4 is 0 Å². The Morgan fingerprint density at radius 2 is 1.71 bits per heavy atom. The average Bonchev–Trinajstić information content (AvgIpc) is 3.01.